The van der Waals surface area contributed by atoms with Gasteiger partial charge >= 0.3 is 5.97 Å². The molecule has 5 nitrogen and oxygen atoms in total. The maximum atomic E-state index is 12.0. The zero-order chi connectivity index (χ0) is 14.4. The van der Waals surface area contributed by atoms with E-state index in [1.807, 2.05) is 6.92 Å². The summed E-state index contributed by atoms with van der Waals surface area (Å²) in [4.78, 5) is 26.5. The molecule has 1 heterocycles. The third kappa shape index (κ3) is 5.26. The van der Waals surface area contributed by atoms with Crippen molar-refractivity contribution >= 4 is 23.5 Å². The van der Waals surface area contributed by atoms with Crippen LogP contribution in [0.15, 0.2) is 12.1 Å². The lowest BCUT2D eigenvalue weighted by Crippen LogP contribution is -2.33. The minimum atomic E-state index is -0.874. The number of carbonyl (C=O) groups excluding carboxylic acids is 1. The molecule has 0 radical (unpaired) electrons. The number of aromatic nitrogens is 1. The van der Waals surface area contributed by atoms with Crippen molar-refractivity contribution < 1.29 is 14.7 Å². The predicted octanol–water partition coefficient (Wildman–Crippen LogP) is 2.28. The highest BCUT2D eigenvalue weighted by atomic mass is 35.5. The van der Waals surface area contributed by atoms with E-state index in [4.69, 9.17) is 16.7 Å². The van der Waals surface area contributed by atoms with Crippen molar-refractivity contribution in [3.05, 3.63) is 28.5 Å². The van der Waals surface area contributed by atoms with Gasteiger partial charge in [-0.3, -0.25) is 9.59 Å². The first-order chi connectivity index (χ1) is 8.92. The topological polar surface area (TPSA) is 79.3 Å². The van der Waals surface area contributed by atoms with E-state index in [1.165, 1.54) is 6.07 Å². The summed E-state index contributed by atoms with van der Waals surface area (Å²) in [6.45, 7) is 3.69. The van der Waals surface area contributed by atoms with Crippen LogP contribution >= 0.6 is 11.6 Å². The Morgan fingerprint density at radius 1 is 1.47 bits per heavy atom. The minimum Gasteiger partial charge on any atom is -0.481 e. The summed E-state index contributed by atoms with van der Waals surface area (Å²) >= 11 is 5.84. The predicted molar refractivity (Wildman–Crippen MR) is 72.4 cm³/mol. The summed E-state index contributed by atoms with van der Waals surface area (Å²) in [5.74, 6) is -1.14. The van der Waals surface area contributed by atoms with Crippen molar-refractivity contribution in [2.75, 3.05) is 0 Å². The third-order valence-electron chi connectivity index (χ3n) is 2.64. The van der Waals surface area contributed by atoms with E-state index in [2.05, 4.69) is 10.3 Å². The number of aryl methyl sites for hydroxylation is 1. The fourth-order valence-corrected chi connectivity index (χ4v) is 1.81. The number of hydrogen-bond acceptors (Lipinski definition) is 3. The van der Waals surface area contributed by atoms with E-state index in [0.717, 1.165) is 5.69 Å². The van der Waals surface area contributed by atoms with E-state index >= 15 is 0 Å². The Labute approximate surface area is 117 Å². The third-order valence-corrected chi connectivity index (χ3v) is 2.83. The van der Waals surface area contributed by atoms with Gasteiger partial charge in [0, 0.05) is 23.7 Å². The lowest BCUT2D eigenvalue weighted by Gasteiger charge is -2.13. The molecule has 1 rings (SSSR count). The van der Waals surface area contributed by atoms with Crippen LogP contribution in [0.1, 0.15) is 42.7 Å². The summed E-state index contributed by atoms with van der Waals surface area (Å²) in [5.41, 5.74) is 1.19. The fourth-order valence-electron chi connectivity index (χ4n) is 1.58. The Bertz CT molecular complexity index is 477. The Morgan fingerprint density at radius 3 is 2.74 bits per heavy atom. The summed E-state index contributed by atoms with van der Waals surface area (Å²) in [6, 6.07) is 2.98. The lowest BCUT2D eigenvalue weighted by molar-refractivity contribution is -0.137. The Morgan fingerprint density at radius 2 is 2.16 bits per heavy atom. The van der Waals surface area contributed by atoms with Crippen LogP contribution in [0.2, 0.25) is 5.15 Å². The highest BCUT2D eigenvalue weighted by Gasteiger charge is 2.12. The molecule has 104 valence electrons. The summed E-state index contributed by atoms with van der Waals surface area (Å²) in [7, 11) is 0. The van der Waals surface area contributed by atoms with E-state index in [-0.39, 0.29) is 23.5 Å². The number of carbonyl (C=O) groups is 2. The van der Waals surface area contributed by atoms with Crippen molar-refractivity contribution in [2.24, 2.45) is 0 Å². The standard InChI is InChI=1S/C13H17ClN2O3/c1-3-10-6-9(7-11(14)16-10)13(19)15-8(2)4-5-12(17)18/h6-8H,3-5H2,1-2H3,(H,15,19)(H,17,18). The maximum Gasteiger partial charge on any atom is 0.303 e. The van der Waals surface area contributed by atoms with Gasteiger partial charge in [0.1, 0.15) is 5.15 Å². The molecule has 0 aliphatic rings. The number of pyridine rings is 1. The average Bonchev–Trinajstić information content (AvgIpc) is 2.35. The quantitative estimate of drug-likeness (QED) is 0.786. The second-order valence-corrected chi connectivity index (χ2v) is 4.72. The van der Waals surface area contributed by atoms with Gasteiger partial charge in [-0.15, -0.1) is 0 Å². The fraction of sp³-hybridized carbons (Fsp3) is 0.462. The molecular formula is C13H17ClN2O3. The van der Waals surface area contributed by atoms with Crippen LogP contribution in [-0.2, 0) is 11.2 Å². The second-order valence-electron chi connectivity index (χ2n) is 4.33. The second kappa shape index (κ2) is 7.09. The number of nitrogens with one attached hydrogen (secondary N) is 1. The zero-order valence-corrected chi connectivity index (χ0v) is 11.7. The van der Waals surface area contributed by atoms with Gasteiger partial charge < -0.3 is 10.4 Å². The number of carboxylic acids is 1. The summed E-state index contributed by atoms with van der Waals surface area (Å²) in [6.07, 6.45) is 1.11. The molecule has 0 fully saturated rings. The number of aliphatic carboxylic acids is 1. The van der Waals surface area contributed by atoms with Crippen molar-refractivity contribution in [1.29, 1.82) is 0 Å². The Balaban J connectivity index is 2.67. The number of carboxylic acid groups (broad SMARTS) is 1. The van der Waals surface area contributed by atoms with Gasteiger partial charge in [0.15, 0.2) is 0 Å². The highest BCUT2D eigenvalue weighted by Crippen LogP contribution is 2.12. The van der Waals surface area contributed by atoms with Gasteiger partial charge in [0.05, 0.1) is 0 Å². The maximum absolute atomic E-state index is 12.0. The van der Waals surface area contributed by atoms with E-state index in [0.29, 0.717) is 18.4 Å². The molecule has 1 atom stereocenters. The summed E-state index contributed by atoms with van der Waals surface area (Å²) < 4.78 is 0. The molecule has 0 aromatic carbocycles. The van der Waals surface area contributed by atoms with E-state index in [1.54, 1.807) is 13.0 Å². The molecule has 0 saturated heterocycles. The number of amides is 1. The molecule has 2 N–H and O–H groups in total. The molecule has 0 saturated carbocycles. The first kappa shape index (κ1) is 15.4. The van der Waals surface area contributed by atoms with Gasteiger partial charge in [0.2, 0.25) is 0 Å². The van der Waals surface area contributed by atoms with Crippen LogP contribution in [0, 0.1) is 0 Å². The molecule has 6 heteroatoms. The molecule has 1 unspecified atom stereocenters. The van der Waals surface area contributed by atoms with E-state index in [9.17, 15) is 9.59 Å². The van der Waals surface area contributed by atoms with Crippen molar-refractivity contribution in [2.45, 2.75) is 39.2 Å². The zero-order valence-electron chi connectivity index (χ0n) is 10.9. The summed E-state index contributed by atoms with van der Waals surface area (Å²) in [5, 5.41) is 11.6. The van der Waals surface area contributed by atoms with Crippen molar-refractivity contribution in [3.8, 4) is 0 Å². The van der Waals surface area contributed by atoms with Crippen molar-refractivity contribution in [3.63, 3.8) is 0 Å². The molecule has 0 spiro atoms. The lowest BCUT2D eigenvalue weighted by atomic mass is 10.1. The number of hydrogen-bond donors (Lipinski definition) is 2. The molecular weight excluding hydrogens is 268 g/mol. The first-order valence-corrected chi connectivity index (χ1v) is 6.49. The molecule has 19 heavy (non-hydrogen) atoms. The highest BCUT2D eigenvalue weighted by molar-refractivity contribution is 6.29. The molecule has 0 aliphatic heterocycles. The number of nitrogens with zero attached hydrogens (tertiary/aromatic N) is 1. The van der Waals surface area contributed by atoms with Gasteiger partial charge in [-0.2, -0.15) is 0 Å². The van der Waals surface area contributed by atoms with Crippen LogP contribution < -0.4 is 5.32 Å². The molecule has 1 aromatic heterocycles. The Kier molecular flexibility index (Phi) is 5.76. The van der Waals surface area contributed by atoms with Crippen LogP contribution in [0.4, 0.5) is 0 Å². The van der Waals surface area contributed by atoms with Crippen LogP contribution in [-0.4, -0.2) is 28.0 Å². The minimum absolute atomic E-state index is 0.0265. The van der Waals surface area contributed by atoms with Crippen LogP contribution in [0.5, 0.6) is 0 Å². The van der Waals surface area contributed by atoms with Crippen LogP contribution in [0.25, 0.3) is 0 Å². The van der Waals surface area contributed by atoms with Gasteiger partial charge in [-0.1, -0.05) is 18.5 Å². The largest absolute Gasteiger partial charge is 0.481 e. The van der Waals surface area contributed by atoms with Gasteiger partial charge in [0.25, 0.3) is 5.91 Å². The van der Waals surface area contributed by atoms with E-state index < -0.39 is 5.97 Å². The smallest absolute Gasteiger partial charge is 0.303 e. The SMILES string of the molecule is CCc1cc(C(=O)NC(C)CCC(=O)O)cc(Cl)n1. The molecule has 0 bridgehead atoms. The monoisotopic (exact) mass is 284 g/mol. The van der Waals surface area contributed by atoms with Crippen LogP contribution in [0.3, 0.4) is 0 Å². The normalized spacial score (nSPS) is 11.9. The van der Waals surface area contributed by atoms with Crippen molar-refractivity contribution in [1.82, 2.24) is 10.3 Å². The molecule has 1 amide bonds. The molecule has 1 aromatic rings. The number of halogens is 1. The van der Waals surface area contributed by atoms with Gasteiger partial charge in [-0.25, -0.2) is 4.98 Å². The molecule has 0 aliphatic carbocycles. The average molecular weight is 285 g/mol. The van der Waals surface area contributed by atoms with Gasteiger partial charge in [-0.05, 0) is 31.9 Å². The Hall–Kier alpha value is -1.62. The first-order valence-electron chi connectivity index (χ1n) is 6.11. The number of rotatable bonds is 6.